The molecule has 2 aromatic rings. The first-order valence-corrected chi connectivity index (χ1v) is 6.33. The van der Waals surface area contributed by atoms with Crippen molar-refractivity contribution < 1.29 is 9.90 Å². The Labute approximate surface area is 104 Å². The van der Waals surface area contributed by atoms with Crippen molar-refractivity contribution in [1.29, 1.82) is 0 Å². The van der Waals surface area contributed by atoms with Gasteiger partial charge in [0.15, 0.2) is 5.65 Å². The first kappa shape index (κ1) is 11.2. The minimum Gasteiger partial charge on any atom is -0.478 e. The van der Waals surface area contributed by atoms with Crippen LogP contribution >= 0.6 is 0 Å². The van der Waals surface area contributed by atoms with Crippen molar-refractivity contribution in [2.45, 2.75) is 38.0 Å². The quantitative estimate of drug-likeness (QED) is 0.882. The molecule has 1 saturated carbocycles. The largest absolute Gasteiger partial charge is 0.478 e. The van der Waals surface area contributed by atoms with Crippen LogP contribution in [0.5, 0.6) is 0 Å². The van der Waals surface area contributed by atoms with Gasteiger partial charge in [0.1, 0.15) is 5.82 Å². The maximum atomic E-state index is 10.9. The average molecular weight is 245 g/mol. The van der Waals surface area contributed by atoms with Crippen molar-refractivity contribution in [1.82, 2.24) is 14.6 Å². The second kappa shape index (κ2) is 4.40. The lowest BCUT2D eigenvalue weighted by Crippen LogP contribution is -2.09. The molecule has 0 saturated heterocycles. The van der Waals surface area contributed by atoms with Gasteiger partial charge < -0.3 is 5.11 Å². The normalized spacial score (nSPS) is 17.1. The summed E-state index contributed by atoms with van der Waals surface area (Å²) >= 11 is 0. The van der Waals surface area contributed by atoms with E-state index in [9.17, 15) is 4.79 Å². The predicted molar refractivity (Wildman–Crippen MR) is 65.8 cm³/mol. The highest BCUT2D eigenvalue weighted by molar-refractivity contribution is 5.88. The maximum Gasteiger partial charge on any atom is 0.335 e. The third kappa shape index (κ3) is 1.85. The first-order chi connectivity index (χ1) is 8.75. The summed E-state index contributed by atoms with van der Waals surface area (Å²) in [6.45, 7) is 0. The summed E-state index contributed by atoms with van der Waals surface area (Å²) in [5.41, 5.74) is 0.876. The molecular weight excluding hydrogens is 230 g/mol. The molecule has 0 bridgehead atoms. The molecule has 1 aliphatic carbocycles. The molecule has 94 valence electrons. The van der Waals surface area contributed by atoms with Gasteiger partial charge in [0, 0.05) is 12.1 Å². The Balaban J connectivity index is 2.01. The van der Waals surface area contributed by atoms with Crippen molar-refractivity contribution in [3.05, 3.63) is 29.7 Å². The number of hydrogen-bond donors (Lipinski definition) is 1. The molecule has 0 radical (unpaired) electrons. The van der Waals surface area contributed by atoms with Crippen LogP contribution < -0.4 is 0 Å². The number of carboxylic acid groups (broad SMARTS) is 1. The number of hydrogen-bond acceptors (Lipinski definition) is 3. The van der Waals surface area contributed by atoms with Gasteiger partial charge in [0.2, 0.25) is 0 Å². The maximum absolute atomic E-state index is 10.9. The highest BCUT2D eigenvalue weighted by Crippen LogP contribution is 2.31. The highest BCUT2D eigenvalue weighted by Gasteiger charge is 2.21. The predicted octanol–water partition coefficient (Wildman–Crippen LogP) is 2.48. The molecule has 18 heavy (non-hydrogen) atoms. The molecule has 0 atom stereocenters. The third-order valence-corrected chi connectivity index (χ3v) is 3.65. The van der Waals surface area contributed by atoms with Gasteiger partial charge >= 0.3 is 5.97 Å². The molecule has 3 rings (SSSR count). The van der Waals surface area contributed by atoms with Crippen LogP contribution in [-0.4, -0.2) is 25.7 Å². The molecule has 1 N–H and O–H groups in total. The molecule has 0 aliphatic heterocycles. The van der Waals surface area contributed by atoms with Crippen LogP contribution in [0, 0.1) is 0 Å². The van der Waals surface area contributed by atoms with E-state index >= 15 is 0 Å². The third-order valence-electron chi connectivity index (χ3n) is 3.65. The van der Waals surface area contributed by atoms with E-state index in [0.29, 0.717) is 11.6 Å². The number of aromatic nitrogens is 3. The zero-order chi connectivity index (χ0) is 12.5. The van der Waals surface area contributed by atoms with Gasteiger partial charge in [-0.2, -0.15) is 0 Å². The average Bonchev–Trinajstić information content (AvgIpc) is 2.82. The summed E-state index contributed by atoms with van der Waals surface area (Å²) in [5, 5.41) is 17.3. The van der Waals surface area contributed by atoms with Gasteiger partial charge in [0.05, 0.1) is 5.56 Å². The van der Waals surface area contributed by atoms with Crippen molar-refractivity contribution >= 4 is 11.6 Å². The van der Waals surface area contributed by atoms with E-state index in [4.69, 9.17) is 5.11 Å². The Kier molecular flexibility index (Phi) is 2.74. The molecule has 0 unspecified atom stereocenters. The lowest BCUT2D eigenvalue weighted by Gasteiger charge is -2.19. The van der Waals surface area contributed by atoms with Gasteiger partial charge in [-0.25, -0.2) is 4.79 Å². The van der Waals surface area contributed by atoms with E-state index in [1.165, 1.54) is 19.3 Å². The number of rotatable bonds is 2. The molecule has 5 heteroatoms. The van der Waals surface area contributed by atoms with Crippen LogP contribution in [0.15, 0.2) is 18.3 Å². The molecule has 1 fully saturated rings. The molecule has 0 spiro atoms. The summed E-state index contributed by atoms with van der Waals surface area (Å²) in [5.74, 6) is 0.505. The van der Waals surface area contributed by atoms with Gasteiger partial charge in [-0.1, -0.05) is 19.3 Å². The fourth-order valence-electron chi connectivity index (χ4n) is 2.68. The summed E-state index contributed by atoms with van der Waals surface area (Å²) in [6.07, 6.45) is 7.86. The van der Waals surface area contributed by atoms with Gasteiger partial charge in [-0.05, 0) is 25.0 Å². The van der Waals surface area contributed by atoms with E-state index in [2.05, 4.69) is 10.2 Å². The van der Waals surface area contributed by atoms with Crippen molar-refractivity contribution in [2.75, 3.05) is 0 Å². The Hall–Kier alpha value is -1.91. The van der Waals surface area contributed by atoms with Crippen molar-refractivity contribution in [3.8, 4) is 0 Å². The molecular formula is C13H15N3O2. The highest BCUT2D eigenvalue weighted by atomic mass is 16.4. The van der Waals surface area contributed by atoms with Crippen LogP contribution in [0.3, 0.4) is 0 Å². The summed E-state index contributed by atoms with van der Waals surface area (Å²) in [4.78, 5) is 10.9. The molecule has 0 amide bonds. The van der Waals surface area contributed by atoms with Crippen LogP contribution in [0.25, 0.3) is 5.65 Å². The smallest absolute Gasteiger partial charge is 0.335 e. The van der Waals surface area contributed by atoms with Crippen LogP contribution in [0.1, 0.15) is 54.2 Å². The van der Waals surface area contributed by atoms with Crippen molar-refractivity contribution in [2.24, 2.45) is 0 Å². The van der Waals surface area contributed by atoms with Crippen LogP contribution in [0.2, 0.25) is 0 Å². The van der Waals surface area contributed by atoms with Gasteiger partial charge in [-0.3, -0.25) is 4.40 Å². The summed E-state index contributed by atoms with van der Waals surface area (Å²) < 4.78 is 1.92. The second-order valence-electron chi connectivity index (χ2n) is 4.84. The zero-order valence-electron chi connectivity index (χ0n) is 10.0. The number of nitrogens with zero attached hydrogens (tertiary/aromatic N) is 3. The fourth-order valence-corrected chi connectivity index (χ4v) is 2.68. The van der Waals surface area contributed by atoms with E-state index in [1.54, 1.807) is 18.3 Å². The number of fused-ring (bicyclic) bond motifs is 1. The standard InChI is InChI=1S/C13H15N3O2/c17-13(18)10-6-7-16-11(8-10)14-15-12(16)9-4-2-1-3-5-9/h6-9H,1-5H2,(H,17,18). The number of pyridine rings is 1. The topological polar surface area (TPSA) is 67.5 Å². The van der Waals surface area contributed by atoms with E-state index in [-0.39, 0.29) is 5.56 Å². The minimum absolute atomic E-state index is 0.255. The SMILES string of the molecule is O=C(O)c1ccn2c(C3CCCCC3)nnc2c1. The Morgan fingerprint density at radius 3 is 2.78 bits per heavy atom. The Morgan fingerprint density at radius 2 is 2.06 bits per heavy atom. The van der Waals surface area contributed by atoms with Crippen molar-refractivity contribution in [3.63, 3.8) is 0 Å². The number of carbonyl (C=O) groups is 1. The zero-order valence-corrected chi connectivity index (χ0v) is 10.0. The lowest BCUT2D eigenvalue weighted by atomic mass is 9.89. The van der Waals surface area contributed by atoms with Crippen LogP contribution in [-0.2, 0) is 0 Å². The van der Waals surface area contributed by atoms with Gasteiger partial charge in [0.25, 0.3) is 0 Å². The minimum atomic E-state index is -0.931. The monoisotopic (exact) mass is 245 g/mol. The van der Waals surface area contributed by atoms with E-state index < -0.39 is 5.97 Å². The lowest BCUT2D eigenvalue weighted by molar-refractivity contribution is 0.0697. The summed E-state index contributed by atoms with van der Waals surface area (Å²) in [6, 6.07) is 3.17. The first-order valence-electron chi connectivity index (χ1n) is 6.33. The molecule has 0 aromatic carbocycles. The Bertz CT molecular complexity index is 585. The number of carboxylic acids is 1. The van der Waals surface area contributed by atoms with E-state index in [1.807, 2.05) is 4.40 Å². The molecule has 1 aliphatic rings. The molecule has 2 heterocycles. The fraction of sp³-hybridized carbons (Fsp3) is 0.462. The Morgan fingerprint density at radius 1 is 1.28 bits per heavy atom. The number of aromatic carboxylic acids is 1. The van der Waals surface area contributed by atoms with E-state index in [0.717, 1.165) is 18.7 Å². The van der Waals surface area contributed by atoms with Gasteiger partial charge in [-0.15, -0.1) is 10.2 Å². The van der Waals surface area contributed by atoms with Crippen LogP contribution in [0.4, 0.5) is 0 Å². The molecule has 5 nitrogen and oxygen atoms in total. The summed E-state index contributed by atoms with van der Waals surface area (Å²) in [7, 11) is 0. The second-order valence-corrected chi connectivity index (χ2v) is 4.84. The molecule has 2 aromatic heterocycles.